The SMILES string of the molecule is Cc1cc(F)c(C)c2c1CCCC2. The van der Waals surface area contributed by atoms with E-state index in [0.29, 0.717) is 0 Å². The maximum Gasteiger partial charge on any atom is 0.126 e. The van der Waals surface area contributed by atoms with Crippen molar-refractivity contribution < 1.29 is 4.39 Å². The molecule has 0 atom stereocenters. The number of aryl methyl sites for hydroxylation is 1. The summed E-state index contributed by atoms with van der Waals surface area (Å²) in [5.41, 5.74) is 4.70. The van der Waals surface area contributed by atoms with Crippen molar-refractivity contribution in [3.8, 4) is 0 Å². The fourth-order valence-corrected chi connectivity index (χ4v) is 2.28. The number of hydrogen-bond donors (Lipinski definition) is 0. The highest BCUT2D eigenvalue weighted by Crippen LogP contribution is 2.28. The lowest BCUT2D eigenvalue weighted by Gasteiger charge is -2.20. The minimum Gasteiger partial charge on any atom is -0.207 e. The first-order chi connectivity index (χ1) is 6.20. The van der Waals surface area contributed by atoms with E-state index in [9.17, 15) is 4.39 Å². The van der Waals surface area contributed by atoms with E-state index in [0.717, 1.165) is 24.0 Å². The van der Waals surface area contributed by atoms with Crippen molar-refractivity contribution in [1.82, 2.24) is 0 Å². The molecule has 1 heteroatoms. The fraction of sp³-hybridized carbons (Fsp3) is 0.500. The summed E-state index contributed by atoms with van der Waals surface area (Å²) in [4.78, 5) is 0. The third-order valence-electron chi connectivity index (χ3n) is 3.10. The highest BCUT2D eigenvalue weighted by molar-refractivity contribution is 5.42. The van der Waals surface area contributed by atoms with Crippen molar-refractivity contribution in [2.75, 3.05) is 0 Å². The molecule has 0 amide bonds. The van der Waals surface area contributed by atoms with Gasteiger partial charge in [0.1, 0.15) is 5.82 Å². The molecule has 1 aliphatic rings. The second-order valence-electron chi connectivity index (χ2n) is 3.96. The van der Waals surface area contributed by atoms with Crippen LogP contribution in [-0.2, 0) is 12.8 Å². The van der Waals surface area contributed by atoms with E-state index in [1.807, 2.05) is 13.8 Å². The minimum atomic E-state index is -0.0295. The van der Waals surface area contributed by atoms with E-state index in [-0.39, 0.29) is 5.82 Å². The molecule has 0 nitrogen and oxygen atoms in total. The topological polar surface area (TPSA) is 0 Å². The number of hydrogen-bond acceptors (Lipinski definition) is 0. The van der Waals surface area contributed by atoms with Gasteiger partial charge in [-0.2, -0.15) is 0 Å². The second-order valence-corrected chi connectivity index (χ2v) is 3.96. The first-order valence-corrected chi connectivity index (χ1v) is 4.97. The first-order valence-electron chi connectivity index (χ1n) is 4.97. The van der Waals surface area contributed by atoms with Gasteiger partial charge in [-0.05, 0) is 67.9 Å². The summed E-state index contributed by atoms with van der Waals surface area (Å²) in [5, 5.41) is 0. The summed E-state index contributed by atoms with van der Waals surface area (Å²) >= 11 is 0. The van der Waals surface area contributed by atoms with Crippen molar-refractivity contribution in [2.24, 2.45) is 0 Å². The van der Waals surface area contributed by atoms with Crippen LogP contribution in [0, 0.1) is 19.7 Å². The van der Waals surface area contributed by atoms with Crippen molar-refractivity contribution in [2.45, 2.75) is 39.5 Å². The summed E-state index contributed by atoms with van der Waals surface area (Å²) in [6.45, 7) is 3.92. The maximum atomic E-state index is 13.4. The van der Waals surface area contributed by atoms with Crippen LogP contribution in [0.3, 0.4) is 0 Å². The molecule has 0 spiro atoms. The quantitative estimate of drug-likeness (QED) is 0.571. The fourth-order valence-electron chi connectivity index (χ4n) is 2.28. The van der Waals surface area contributed by atoms with Crippen molar-refractivity contribution >= 4 is 0 Å². The van der Waals surface area contributed by atoms with Crippen LogP contribution < -0.4 is 0 Å². The zero-order valence-corrected chi connectivity index (χ0v) is 8.28. The molecule has 0 fully saturated rings. The third kappa shape index (κ3) is 1.37. The van der Waals surface area contributed by atoms with Crippen LogP contribution in [0.4, 0.5) is 4.39 Å². The molecule has 0 unspecified atom stereocenters. The number of fused-ring (bicyclic) bond motifs is 1. The average Bonchev–Trinajstić information content (AvgIpc) is 2.15. The van der Waals surface area contributed by atoms with E-state index < -0.39 is 0 Å². The number of benzene rings is 1. The van der Waals surface area contributed by atoms with Gasteiger partial charge in [0.2, 0.25) is 0 Å². The van der Waals surface area contributed by atoms with Crippen LogP contribution in [0.1, 0.15) is 35.1 Å². The molecule has 13 heavy (non-hydrogen) atoms. The normalized spacial score (nSPS) is 15.6. The van der Waals surface area contributed by atoms with Gasteiger partial charge >= 0.3 is 0 Å². The predicted molar refractivity (Wildman–Crippen MR) is 52.5 cm³/mol. The Morgan fingerprint density at radius 2 is 1.69 bits per heavy atom. The highest BCUT2D eigenvalue weighted by atomic mass is 19.1. The molecule has 70 valence electrons. The lowest BCUT2D eigenvalue weighted by molar-refractivity contribution is 0.600. The van der Waals surface area contributed by atoms with Crippen LogP contribution in [0.5, 0.6) is 0 Å². The monoisotopic (exact) mass is 178 g/mol. The second kappa shape index (κ2) is 3.13. The Balaban J connectivity index is 2.63. The van der Waals surface area contributed by atoms with Gasteiger partial charge < -0.3 is 0 Å². The highest BCUT2D eigenvalue weighted by Gasteiger charge is 2.16. The van der Waals surface area contributed by atoms with E-state index in [4.69, 9.17) is 0 Å². The Bertz CT molecular complexity index is 339. The van der Waals surface area contributed by atoms with Crippen LogP contribution in [0.15, 0.2) is 6.07 Å². The van der Waals surface area contributed by atoms with Gasteiger partial charge in [-0.3, -0.25) is 0 Å². The molecule has 2 rings (SSSR count). The lowest BCUT2D eigenvalue weighted by Crippen LogP contribution is -2.08. The molecule has 1 aromatic carbocycles. The largest absolute Gasteiger partial charge is 0.207 e. The molecule has 1 aliphatic carbocycles. The van der Waals surface area contributed by atoms with Crippen molar-refractivity contribution in [3.63, 3.8) is 0 Å². The average molecular weight is 178 g/mol. The number of rotatable bonds is 0. The molecular weight excluding hydrogens is 163 g/mol. The van der Waals surface area contributed by atoms with Gasteiger partial charge in [-0.25, -0.2) is 4.39 Å². The van der Waals surface area contributed by atoms with Crippen LogP contribution >= 0.6 is 0 Å². The van der Waals surface area contributed by atoms with E-state index in [1.54, 1.807) is 6.07 Å². The third-order valence-corrected chi connectivity index (χ3v) is 3.10. The standard InChI is InChI=1S/C12H15F/c1-8-7-12(13)9(2)11-6-4-3-5-10(8)11/h7H,3-6H2,1-2H3. The van der Waals surface area contributed by atoms with Gasteiger partial charge in [0.05, 0.1) is 0 Å². The molecule has 0 heterocycles. The molecule has 0 saturated heterocycles. The predicted octanol–water partition coefficient (Wildman–Crippen LogP) is 3.32. The Labute approximate surface area is 78.8 Å². The van der Waals surface area contributed by atoms with E-state index in [2.05, 4.69) is 0 Å². The molecule has 0 N–H and O–H groups in total. The summed E-state index contributed by atoms with van der Waals surface area (Å²) < 4.78 is 13.4. The zero-order chi connectivity index (χ0) is 9.42. The van der Waals surface area contributed by atoms with Gasteiger partial charge in [-0.1, -0.05) is 0 Å². The molecule has 0 bridgehead atoms. The summed E-state index contributed by atoms with van der Waals surface area (Å²) in [5.74, 6) is -0.0295. The minimum absolute atomic E-state index is 0.0295. The summed E-state index contributed by atoms with van der Waals surface area (Å²) in [6.07, 6.45) is 4.69. The zero-order valence-electron chi connectivity index (χ0n) is 8.28. The van der Waals surface area contributed by atoms with Crippen molar-refractivity contribution in [3.05, 3.63) is 34.1 Å². The Kier molecular flexibility index (Phi) is 2.10. The molecule has 0 aliphatic heterocycles. The van der Waals surface area contributed by atoms with E-state index >= 15 is 0 Å². The molecular formula is C12H15F. The lowest BCUT2D eigenvalue weighted by atomic mass is 9.86. The van der Waals surface area contributed by atoms with Gasteiger partial charge in [0.15, 0.2) is 0 Å². The van der Waals surface area contributed by atoms with Gasteiger partial charge in [0.25, 0.3) is 0 Å². The first kappa shape index (κ1) is 8.74. The molecule has 0 saturated carbocycles. The maximum absolute atomic E-state index is 13.4. The van der Waals surface area contributed by atoms with Gasteiger partial charge in [-0.15, -0.1) is 0 Å². The Hall–Kier alpha value is -0.850. The number of halogens is 1. The molecule has 0 aromatic heterocycles. The Morgan fingerprint density at radius 3 is 2.38 bits per heavy atom. The van der Waals surface area contributed by atoms with Crippen molar-refractivity contribution in [1.29, 1.82) is 0 Å². The molecule has 0 radical (unpaired) electrons. The van der Waals surface area contributed by atoms with Crippen LogP contribution in [0.25, 0.3) is 0 Å². The summed E-state index contributed by atoms with van der Waals surface area (Å²) in [7, 11) is 0. The summed E-state index contributed by atoms with van der Waals surface area (Å²) in [6, 6.07) is 1.68. The Morgan fingerprint density at radius 1 is 1.08 bits per heavy atom. The van der Waals surface area contributed by atoms with E-state index in [1.165, 1.54) is 24.0 Å². The van der Waals surface area contributed by atoms with Crippen LogP contribution in [-0.4, -0.2) is 0 Å². The van der Waals surface area contributed by atoms with Gasteiger partial charge in [0, 0.05) is 0 Å². The van der Waals surface area contributed by atoms with Crippen LogP contribution in [0.2, 0.25) is 0 Å². The molecule has 1 aromatic rings. The smallest absolute Gasteiger partial charge is 0.126 e.